The largest absolute Gasteiger partial charge is 0.756 e. The number of thioether (sulfide) groups is 1. The number of nitrogens with two attached hydrogens (primary N) is 2. The van der Waals surface area contributed by atoms with E-state index in [4.69, 9.17) is 16.2 Å². The third-order valence-electron chi connectivity index (χ3n) is 5.94. The van der Waals surface area contributed by atoms with Gasteiger partial charge in [-0.25, -0.2) is 18.4 Å². The predicted molar refractivity (Wildman–Crippen MR) is 115 cm³/mol. The van der Waals surface area contributed by atoms with Crippen molar-refractivity contribution in [3.05, 3.63) is 6.33 Å². The second kappa shape index (κ2) is 9.09. The Morgan fingerprint density at radius 1 is 1.11 bits per heavy atom. The topological polar surface area (TPSA) is 282 Å². The van der Waals surface area contributed by atoms with Gasteiger partial charge in [-0.2, -0.15) is 0 Å². The molecular formula is C15H22N6O12P2S. The average molecular weight is 572 g/mol. The molecule has 2 unspecified atom stereocenters. The molecule has 0 aliphatic carbocycles. The van der Waals surface area contributed by atoms with Crippen molar-refractivity contribution in [2.24, 2.45) is 0 Å². The summed E-state index contributed by atoms with van der Waals surface area (Å²) < 4.78 is 45.7. The van der Waals surface area contributed by atoms with Crippen LogP contribution in [0.15, 0.2) is 6.33 Å². The highest BCUT2D eigenvalue weighted by atomic mass is 32.2. The molecule has 0 saturated carbocycles. The van der Waals surface area contributed by atoms with Crippen molar-refractivity contribution in [1.82, 2.24) is 14.5 Å². The highest BCUT2D eigenvalue weighted by Crippen LogP contribution is 2.59. The van der Waals surface area contributed by atoms with Gasteiger partial charge in [0.05, 0.1) is 24.6 Å². The molecule has 2 aromatic rings. The highest BCUT2D eigenvalue weighted by Gasteiger charge is 2.49. The van der Waals surface area contributed by atoms with Crippen molar-refractivity contribution < 1.29 is 62.0 Å². The molecule has 2 saturated heterocycles. The van der Waals surface area contributed by atoms with E-state index in [9.17, 15) is 39.3 Å². The van der Waals surface area contributed by atoms with Crippen molar-refractivity contribution in [2.45, 2.75) is 47.4 Å². The van der Waals surface area contributed by atoms with Crippen molar-refractivity contribution in [1.29, 1.82) is 0 Å². The molecule has 0 spiro atoms. The number of rotatable bonds is 0. The van der Waals surface area contributed by atoms with Gasteiger partial charge in [0.1, 0.15) is 24.4 Å². The van der Waals surface area contributed by atoms with Crippen LogP contribution in [0.1, 0.15) is 11.6 Å². The van der Waals surface area contributed by atoms with Crippen LogP contribution in [0, 0.1) is 0 Å². The van der Waals surface area contributed by atoms with Crippen LogP contribution in [0.5, 0.6) is 0 Å². The number of ether oxygens (including phenoxy) is 1. The van der Waals surface area contributed by atoms with Gasteiger partial charge in [-0.15, -0.1) is 11.8 Å². The van der Waals surface area contributed by atoms with E-state index < -0.39 is 76.2 Å². The molecule has 6 rings (SSSR count). The quantitative estimate of drug-likeness (QED) is 0.119. The molecule has 2 fully saturated rings. The molecule has 21 heteroatoms. The van der Waals surface area contributed by atoms with Gasteiger partial charge in [-0.3, -0.25) is 13.7 Å². The van der Waals surface area contributed by atoms with Crippen molar-refractivity contribution in [2.75, 3.05) is 24.7 Å². The van der Waals surface area contributed by atoms with Gasteiger partial charge in [0.2, 0.25) is 17.9 Å². The molecule has 6 heterocycles. The number of aromatic nitrogens is 4. The third-order valence-corrected chi connectivity index (χ3v) is 10.1. The minimum Gasteiger partial charge on any atom is -0.756 e. The second-order valence-corrected chi connectivity index (χ2v) is 12.6. The molecule has 8 bridgehead atoms. The van der Waals surface area contributed by atoms with Crippen LogP contribution in [-0.4, -0.2) is 88.8 Å². The number of phosphoric ester groups is 2. The zero-order chi connectivity index (χ0) is 26.2. The molecule has 9 N–H and O–H groups in total. The first-order valence-corrected chi connectivity index (χ1v) is 14.2. The first-order chi connectivity index (χ1) is 16.8. The Balaban J connectivity index is 1.60. The smallest absolute Gasteiger partial charge is 0.478 e. The van der Waals surface area contributed by atoms with Crippen molar-refractivity contribution >= 4 is 50.3 Å². The lowest BCUT2D eigenvalue weighted by Crippen LogP contribution is -2.47. The summed E-state index contributed by atoms with van der Waals surface area (Å²) in [4.78, 5) is 30.4. The molecule has 36 heavy (non-hydrogen) atoms. The van der Waals surface area contributed by atoms with Crippen LogP contribution >= 0.6 is 27.4 Å². The van der Waals surface area contributed by atoms with Crippen LogP contribution in [0.25, 0.3) is 11.2 Å². The lowest BCUT2D eigenvalue weighted by molar-refractivity contribution is -0.694. The summed E-state index contributed by atoms with van der Waals surface area (Å²) in [5, 5.41) is 40.0. The summed E-state index contributed by atoms with van der Waals surface area (Å²) in [6, 6.07) is 0. The number of fused-ring (bicyclic) bond motifs is 7. The van der Waals surface area contributed by atoms with Crippen LogP contribution in [-0.2, 0) is 27.2 Å². The maximum atomic E-state index is 12.2. The van der Waals surface area contributed by atoms with Gasteiger partial charge in [-0.05, 0) is 0 Å². The maximum absolute atomic E-state index is 12.2. The second-order valence-electron chi connectivity index (χ2n) is 8.23. The fraction of sp³-hybridized carbons (Fsp3) is 0.667. The van der Waals surface area contributed by atoms with Crippen LogP contribution < -0.4 is 20.9 Å². The molecule has 200 valence electrons. The Bertz CT molecular complexity index is 1280. The summed E-state index contributed by atoms with van der Waals surface area (Å²) in [5.41, 5.74) is 12.4. The van der Waals surface area contributed by atoms with Crippen molar-refractivity contribution in [3.8, 4) is 0 Å². The number of hydrogen-bond acceptors (Lipinski definition) is 16. The van der Waals surface area contributed by atoms with E-state index in [0.29, 0.717) is 0 Å². The third kappa shape index (κ3) is 4.43. The zero-order valence-electron chi connectivity index (χ0n) is 18.0. The highest BCUT2D eigenvalue weighted by molar-refractivity contribution is 8.00. The molecule has 4 aliphatic rings. The lowest BCUT2D eigenvalue weighted by atomic mass is 10.1. The summed E-state index contributed by atoms with van der Waals surface area (Å²) in [6.45, 7) is -1.62. The van der Waals surface area contributed by atoms with Gasteiger partial charge >= 0.3 is 7.82 Å². The first kappa shape index (κ1) is 26.2. The number of phosphoric acid groups is 2. The van der Waals surface area contributed by atoms with E-state index in [1.807, 2.05) is 0 Å². The average Bonchev–Trinajstić information content (AvgIpc) is 3.37. The standard InChI is InChI=1S/C15H22N6O12P2S/c16-11-6-12-18-3-20(11)14-10(25)8(23)5(36-14)2-31-35(28,29)33-34(26,27)30-1-4-7(22)9(24)13(32-4)21(12)15(17)19-6/h3-5,7-10,13-14,16,22-25H,1-2H2,(H4,17,19,26,27,28,29)/t4-,5-,7-,8-,9-,10-,13-,14-/m1/s1. The SMILES string of the molecule is Nc1nc2c(N)[n+]3cnc2n1[C@@H]1O[C@H](COP(=O)(O)OP(=O)([O-])OC[C@H]2S[C@@H]3[C@H](O)[C@@H]2O)[C@@H](O)[C@H]1O. The summed E-state index contributed by atoms with van der Waals surface area (Å²) >= 11 is 0.888. The minimum absolute atomic E-state index is 0.0381. The normalized spacial score (nSPS) is 43.7. The van der Waals surface area contributed by atoms with Crippen LogP contribution in [0.4, 0.5) is 11.8 Å². The van der Waals surface area contributed by atoms with E-state index in [1.54, 1.807) is 0 Å². The molecule has 4 aliphatic heterocycles. The number of aliphatic hydroxyl groups is 4. The van der Waals surface area contributed by atoms with Gasteiger partial charge in [-0.1, -0.05) is 4.98 Å². The van der Waals surface area contributed by atoms with Crippen molar-refractivity contribution in [3.63, 3.8) is 0 Å². The molecular weight excluding hydrogens is 550 g/mol. The summed E-state index contributed by atoms with van der Waals surface area (Å²) in [7, 11) is -10.8. The Morgan fingerprint density at radius 3 is 2.56 bits per heavy atom. The number of nitrogen functional groups attached to an aromatic ring is 2. The molecule has 18 nitrogen and oxygen atoms in total. The summed E-state index contributed by atoms with van der Waals surface area (Å²) in [6.07, 6.45) is -7.88. The first-order valence-electron chi connectivity index (χ1n) is 10.3. The molecule has 2 aromatic heterocycles. The van der Waals surface area contributed by atoms with Gasteiger partial charge in [0.15, 0.2) is 17.1 Å². The minimum atomic E-state index is -5.46. The monoisotopic (exact) mass is 572 g/mol. The van der Waals surface area contributed by atoms with Gasteiger partial charge in [0, 0.05) is 0 Å². The van der Waals surface area contributed by atoms with Crippen LogP contribution in [0.3, 0.4) is 0 Å². The summed E-state index contributed by atoms with van der Waals surface area (Å²) in [5.74, 6) is -0.254. The Labute approximate surface area is 205 Å². The Morgan fingerprint density at radius 2 is 1.83 bits per heavy atom. The van der Waals surface area contributed by atoms with Gasteiger partial charge < -0.3 is 50.9 Å². The molecule has 0 radical (unpaired) electrons. The number of imidazole rings is 1. The Kier molecular flexibility index (Phi) is 6.61. The fourth-order valence-corrected chi connectivity index (χ4v) is 7.79. The molecule has 0 amide bonds. The van der Waals surface area contributed by atoms with E-state index in [0.717, 1.165) is 16.3 Å². The maximum Gasteiger partial charge on any atom is 0.478 e. The fourth-order valence-electron chi connectivity index (χ4n) is 4.17. The number of aliphatic hydroxyl groups excluding tert-OH is 4. The number of hydrogen-bond donors (Lipinski definition) is 7. The lowest BCUT2D eigenvalue weighted by Gasteiger charge is -2.26. The predicted octanol–water partition coefficient (Wildman–Crippen LogP) is -3.53. The molecule has 10 atom stereocenters. The van der Waals surface area contributed by atoms with E-state index in [2.05, 4.69) is 23.3 Å². The van der Waals surface area contributed by atoms with E-state index >= 15 is 0 Å². The molecule has 0 aromatic carbocycles. The number of anilines is 2. The Hall–Kier alpha value is -1.44. The van der Waals surface area contributed by atoms with Crippen LogP contribution in [0.2, 0.25) is 0 Å². The van der Waals surface area contributed by atoms with E-state index in [-0.39, 0.29) is 22.9 Å². The number of nitrogens with zero attached hydrogens (tertiary/aromatic N) is 4. The van der Waals surface area contributed by atoms with Gasteiger partial charge in [0.25, 0.3) is 13.6 Å². The zero-order valence-corrected chi connectivity index (χ0v) is 20.6. The van der Waals surface area contributed by atoms with E-state index in [1.165, 1.54) is 10.9 Å².